The lowest BCUT2D eigenvalue weighted by molar-refractivity contribution is -0.154. The Bertz CT molecular complexity index is 895. The number of rotatable bonds is 11. The van der Waals surface area contributed by atoms with E-state index in [1.165, 1.54) is 30.4 Å². The van der Waals surface area contributed by atoms with Gasteiger partial charge in [-0.05, 0) is 49.6 Å². The Morgan fingerprint density at radius 2 is 1.90 bits per heavy atom. The summed E-state index contributed by atoms with van der Waals surface area (Å²) in [6, 6.07) is 9.73. The van der Waals surface area contributed by atoms with Crippen LogP contribution >= 0.6 is 11.3 Å². The largest absolute Gasteiger partial charge is 0.494 e. The molecule has 0 saturated carbocycles. The minimum atomic E-state index is -3.76. The van der Waals surface area contributed by atoms with Crippen LogP contribution in [0.4, 0.5) is 0 Å². The van der Waals surface area contributed by atoms with E-state index in [2.05, 4.69) is 10.0 Å². The molecule has 29 heavy (non-hydrogen) atoms. The summed E-state index contributed by atoms with van der Waals surface area (Å²) in [4.78, 5) is 24.9. The molecular weight excluding hydrogens is 416 g/mol. The standard InChI is InChI=1S/C19H24N2O6S2/c1-3-26-15-6-8-17(9-7-15)29(24,25)21-11-10-18(22)27-14(2)19(23)20-13-16-5-4-12-28-16/h4-9,12,14,21H,3,10-11,13H2,1-2H3,(H,20,23). The summed E-state index contributed by atoms with van der Waals surface area (Å²) >= 11 is 1.51. The summed E-state index contributed by atoms with van der Waals surface area (Å²) in [7, 11) is -3.76. The van der Waals surface area contributed by atoms with Crippen LogP contribution in [0.1, 0.15) is 25.1 Å². The fourth-order valence-corrected chi connectivity index (χ4v) is 3.97. The van der Waals surface area contributed by atoms with Crippen LogP contribution in [-0.2, 0) is 30.9 Å². The molecule has 2 aromatic rings. The van der Waals surface area contributed by atoms with Crippen molar-refractivity contribution < 1.29 is 27.5 Å². The molecule has 0 spiro atoms. The van der Waals surface area contributed by atoms with Crippen LogP contribution in [0.5, 0.6) is 5.75 Å². The van der Waals surface area contributed by atoms with Crippen LogP contribution in [0, 0.1) is 0 Å². The number of hydrogen-bond acceptors (Lipinski definition) is 7. The molecule has 0 aliphatic carbocycles. The molecule has 1 atom stereocenters. The Kier molecular flexibility index (Phi) is 8.62. The monoisotopic (exact) mass is 440 g/mol. The summed E-state index contributed by atoms with van der Waals surface area (Å²) in [6.45, 7) is 4.00. The van der Waals surface area contributed by atoms with Crippen LogP contribution in [-0.4, -0.2) is 39.5 Å². The molecule has 1 amide bonds. The number of hydrogen-bond donors (Lipinski definition) is 2. The quantitative estimate of drug-likeness (QED) is 0.518. The average molecular weight is 441 g/mol. The van der Waals surface area contributed by atoms with Crippen molar-refractivity contribution in [2.24, 2.45) is 0 Å². The molecule has 0 aliphatic rings. The SMILES string of the molecule is CCOc1ccc(S(=O)(=O)NCCC(=O)OC(C)C(=O)NCc2cccs2)cc1. The summed E-state index contributed by atoms with van der Waals surface area (Å²) in [5, 5.41) is 4.58. The Morgan fingerprint density at radius 3 is 2.52 bits per heavy atom. The van der Waals surface area contributed by atoms with Crippen molar-refractivity contribution in [3.05, 3.63) is 46.7 Å². The van der Waals surface area contributed by atoms with E-state index in [-0.39, 0.29) is 17.9 Å². The smallest absolute Gasteiger partial charge is 0.307 e. The van der Waals surface area contributed by atoms with Gasteiger partial charge in [-0.25, -0.2) is 13.1 Å². The summed E-state index contributed by atoms with van der Waals surface area (Å²) in [5.74, 6) is -0.513. The maximum Gasteiger partial charge on any atom is 0.307 e. The summed E-state index contributed by atoms with van der Waals surface area (Å²) in [5.41, 5.74) is 0. The molecule has 10 heteroatoms. The second kappa shape index (κ2) is 10.9. The topological polar surface area (TPSA) is 111 Å². The summed E-state index contributed by atoms with van der Waals surface area (Å²) < 4.78 is 37.1. The van der Waals surface area contributed by atoms with Crippen molar-refractivity contribution in [1.82, 2.24) is 10.0 Å². The lowest BCUT2D eigenvalue weighted by Crippen LogP contribution is -2.36. The van der Waals surface area contributed by atoms with Gasteiger partial charge in [0.2, 0.25) is 10.0 Å². The average Bonchev–Trinajstić information content (AvgIpc) is 3.20. The molecule has 1 aromatic heterocycles. The van der Waals surface area contributed by atoms with E-state index in [1.807, 2.05) is 24.4 Å². The van der Waals surface area contributed by atoms with Gasteiger partial charge in [-0.2, -0.15) is 0 Å². The van der Waals surface area contributed by atoms with Gasteiger partial charge < -0.3 is 14.8 Å². The van der Waals surface area contributed by atoms with Gasteiger partial charge in [0, 0.05) is 11.4 Å². The summed E-state index contributed by atoms with van der Waals surface area (Å²) in [6.07, 6.45) is -1.16. The number of thiophene rings is 1. The highest BCUT2D eigenvalue weighted by Crippen LogP contribution is 2.15. The van der Waals surface area contributed by atoms with Crippen LogP contribution < -0.4 is 14.8 Å². The van der Waals surface area contributed by atoms with Gasteiger partial charge in [0.25, 0.3) is 5.91 Å². The van der Waals surface area contributed by atoms with E-state index in [1.54, 1.807) is 12.1 Å². The van der Waals surface area contributed by atoms with Crippen molar-refractivity contribution in [1.29, 1.82) is 0 Å². The molecule has 8 nitrogen and oxygen atoms in total. The van der Waals surface area contributed by atoms with E-state index in [0.717, 1.165) is 4.88 Å². The number of nitrogens with one attached hydrogen (secondary N) is 2. The van der Waals surface area contributed by atoms with E-state index in [4.69, 9.17) is 9.47 Å². The van der Waals surface area contributed by atoms with Gasteiger partial charge in [0.05, 0.1) is 24.5 Å². The molecule has 0 radical (unpaired) electrons. The fraction of sp³-hybridized carbons (Fsp3) is 0.368. The minimum absolute atomic E-state index is 0.0654. The molecule has 0 aliphatic heterocycles. The third-order valence-electron chi connectivity index (χ3n) is 3.76. The Hall–Kier alpha value is -2.43. The third-order valence-corrected chi connectivity index (χ3v) is 6.11. The first-order valence-corrected chi connectivity index (χ1v) is 11.4. The van der Waals surface area contributed by atoms with Crippen molar-refractivity contribution >= 4 is 33.2 Å². The molecule has 0 fully saturated rings. The minimum Gasteiger partial charge on any atom is -0.494 e. The Morgan fingerprint density at radius 1 is 1.17 bits per heavy atom. The maximum atomic E-state index is 12.2. The van der Waals surface area contributed by atoms with Gasteiger partial charge in [-0.15, -0.1) is 11.3 Å². The Balaban J connectivity index is 1.74. The third kappa shape index (κ3) is 7.48. The van der Waals surface area contributed by atoms with Crippen molar-refractivity contribution in [2.45, 2.75) is 37.8 Å². The molecular formula is C19H24N2O6S2. The molecule has 1 unspecified atom stereocenters. The van der Waals surface area contributed by atoms with Crippen molar-refractivity contribution in [3.8, 4) is 5.75 Å². The van der Waals surface area contributed by atoms with Crippen LogP contribution in [0.15, 0.2) is 46.7 Å². The fourth-order valence-electron chi connectivity index (χ4n) is 2.29. The highest BCUT2D eigenvalue weighted by molar-refractivity contribution is 7.89. The molecule has 0 saturated heterocycles. The normalized spacial score (nSPS) is 12.2. The van der Waals surface area contributed by atoms with E-state index >= 15 is 0 Å². The van der Waals surface area contributed by atoms with Crippen molar-refractivity contribution in [3.63, 3.8) is 0 Å². The highest BCUT2D eigenvalue weighted by atomic mass is 32.2. The molecule has 2 rings (SSSR count). The van der Waals surface area contributed by atoms with Gasteiger partial charge in [-0.1, -0.05) is 6.07 Å². The molecule has 1 heterocycles. The number of benzene rings is 1. The van der Waals surface area contributed by atoms with Crippen molar-refractivity contribution in [2.75, 3.05) is 13.2 Å². The zero-order valence-corrected chi connectivity index (χ0v) is 17.8. The first-order valence-electron chi connectivity index (χ1n) is 9.04. The lowest BCUT2D eigenvalue weighted by atomic mass is 10.3. The molecule has 1 aromatic carbocycles. The number of carbonyl (C=O) groups is 2. The number of amides is 1. The number of carbonyl (C=O) groups excluding carboxylic acids is 2. The molecule has 158 valence electrons. The molecule has 0 bridgehead atoms. The van der Waals surface area contributed by atoms with Crippen LogP contribution in [0.25, 0.3) is 0 Å². The van der Waals surface area contributed by atoms with E-state index in [9.17, 15) is 18.0 Å². The van der Waals surface area contributed by atoms with Crippen LogP contribution in [0.3, 0.4) is 0 Å². The first kappa shape index (κ1) is 22.9. The second-order valence-corrected chi connectivity index (χ2v) is 8.78. The lowest BCUT2D eigenvalue weighted by Gasteiger charge is -2.13. The number of ether oxygens (including phenoxy) is 2. The van der Waals surface area contributed by atoms with Gasteiger partial charge in [0.1, 0.15) is 5.75 Å². The van der Waals surface area contributed by atoms with E-state index < -0.39 is 28.0 Å². The number of esters is 1. The van der Waals surface area contributed by atoms with Gasteiger partial charge in [0.15, 0.2) is 6.10 Å². The van der Waals surface area contributed by atoms with Gasteiger partial charge >= 0.3 is 5.97 Å². The number of sulfonamides is 1. The second-order valence-electron chi connectivity index (χ2n) is 5.98. The Labute approximate surface area is 174 Å². The first-order chi connectivity index (χ1) is 13.8. The predicted molar refractivity (Wildman–Crippen MR) is 109 cm³/mol. The van der Waals surface area contributed by atoms with E-state index in [0.29, 0.717) is 18.9 Å². The van der Waals surface area contributed by atoms with Gasteiger partial charge in [-0.3, -0.25) is 9.59 Å². The van der Waals surface area contributed by atoms with Crippen LogP contribution in [0.2, 0.25) is 0 Å². The zero-order chi connectivity index (χ0) is 21.3. The predicted octanol–water partition coefficient (Wildman–Crippen LogP) is 2.06. The highest BCUT2D eigenvalue weighted by Gasteiger charge is 2.19. The maximum absolute atomic E-state index is 12.2. The zero-order valence-electron chi connectivity index (χ0n) is 16.2. The molecule has 2 N–H and O–H groups in total.